The van der Waals surface area contributed by atoms with E-state index in [1.807, 2.05) is 0 Å². The largest absolute Gasteiger partial charge is 0.492 e. The molecule has 0 radical (unpaired) electrons. The molecule has 0 bridgehead atoms. The predicted octanol–water partition coefficient (Wildman–Crippen LogP) is 4.50. The van der Waals surface area contributed by atoms with Crippen LogP contribution in [0.25, 0.3) is 0 Å². The van der Waals surface area contributed by atoms with Gasteiger partial charge in [0, 0.05) is 6.54 Å². The summed E-state index contributed by atoms with van der Waals surface area (Å²) >= 11 is 1.67. The highest BCUT2D eigenvalue weighted by Gasteiger charge is 2.24. The number of anilines is 1. The lowest BCUT2D eigenvalue weighted by molar-refractivity contribution is 0.373. The highest BCUT2D eigenvalue weighted by atomic mass is 32.1. The van der Waals surface area contributed by atoms with E-state index in [1.165, 1.54) is 57.8 Å². The third-order valence-corrected chi connectivity index (χ3v) is 5.79. The summed E-state index contributed by atoms with van der Waals surface area (Å²) in [5.74, 6) is 1.64. The third-order valence-electron chi connectivity index (χ3n) is 4.63. The van der Waals surface area contributed by atoms with E-state index >= 15 is 0 Å². The average Bonchev–Trinajstić information content (AvgIpc) is 3.07. The number of nitrogens with zero attached hydrogens (tertiary/aromatic N) is 1. The van der Waals surface area contributed by atoms with Crippen molar-refractivity contribution < 1.29 is 5.11 Å². The number of nitrogens with one attached hydrogen (secondary N) is 1. The van der Waals surface area contributed by atoms with Crippen LogP contribution in [-0.2, 0) is 0 Å². The second kappa shape index (κ2) is 6.12. The predicted molar refractivity (Wildman–Crippen MR) is 80.1 cm³/mol. The molecule has 0 spiro atoms. The Balaban J connectivity index is 1.57. The van der Waals surface area contributed by atoms with Crippen LogP contribution in [0, 0.1) is 5.92 Å². The number of hydrogen-bond acceptors (Lipinski definition) is 4. The maximum Gasteiger partial charge on any atom is 0.227 e. The quantitative estimate of drug-likeness (QED) is 0.853. The van der Waals surface area contributed by atoms with Crippen LogP contribution in [-0.4, -0.2) is 16.6 Å². The third kappa shape index (κ3) is 3.22. The van der Waals surface area contributed by atoms with Gasteiger partial charge in [0.05, 0.1) is 4.88 Å². The molecular formula is C15H24N2OS. The molecule has 0 amide bonds. The maximum atomic E-state index is 9.99. The molecule has 2 aliphatic carbocycles. The molecule has 0 aromatic carbocycles. The monoisotopic (exact) mass is 280 g/mol. The van der Waals surface area contributed by atoms with E-state index in [0.29, 0.717) is 5.92 Å². The summed E-state index contributed by atoms with van der Waals surface area (Å²) in [6.07, 6.45) is 11.9. The summed E-state index contributed by atoms with van der Waals surface area (Å²) in [7, 11) is 0. The molecule has 2 fully saturated rings. The normalized spacial score (nSPS) is 21.9. The highest BCUT2D eigenvalue weighted by Crippen LogP contribution is 2.42. The van der Waals surface area contributed by atoms with Crippen molar-refractivity contribution in [1.82, 2.24) is 4.98 Å². The molecule has 19 heavy (non-hydrogen) atoms. The first-order valence-electron chi connectivity index (χ1n) is 7.76. The lowest BCUT2D eigenvalue weighted by Gasteiger charge is -2.21. The fourth-order valence-corrected chi connectivity index (χ4v) is 4.51. The standard InChI is InChI=1S/C15H24N2OS/c18-14-13(12-8-4-5-9-12)19-15(17-14)16-10-11-6-2-1-3-7-11/h11-12,18H,1-10H2,(H,16,17). The van der Waals surface area contributed by atoms with E-state index in [4.69, 9.17) is 0 Å². The number of aromatic nitrogens is 1. The van der Waals surface area contributed by atoms with Crippen LogP contribution < -0.4 is 5.32 Å². The van der Waals surface area contributed by atoms with Crippen molar-refractivity contribution in [2.75, 3.05) is 11.9 Å². The zero-order valence-corrected chi connectivity index (χ0v) is 12.3. The Bertz CT molecular complexity index is 406. The van der Waals surface area contributed by atoms with Crippen molar-refractivity contribution >= 4 is 16.5 Å². The van der Waals surface area contributed by atoms with Gasteiger partial charge in [0.2, 0.25) is 5.88 Å². The molecule has 3 rings (SSSR count). The van der Waals surface area contributed by atoms with Gasteiger partial charge in [-0.3, -0.25) is 0 Å². The van der Waals surface area contributed by atoms with Crippen LogP contribution in [0.2, 0.25) is 0 Å². The minimum absolute atomic E-state index is 0.281. The molecule has 2 aliphatic rings. The van der Waals surface area contributed by atoms with E-state index in [-0.39, 0.29) is 5.88 Å². The van der Waals surface area contributed by atoms with Gasteiger partial charge in [-0.25, -0.2) is 0 Å². The highest BCUT2D eigenvalue weighted by molar-refractivity contribution is 7.16. The Hall–Kier alpha value is -0.770. The van der Waals surface area contributed by atoms with Crippen molar-refractivity contribution in [2.45, 2.75) is 63.7 Å². The first-order chi connectivity index (χ1) is 9.33. The Morgan fingerprint density at radius 1 is 1.05 bits per heavy atom. The SMILES string of the molecule is Oc1nc(NCC2CCCCC2)sc1C1CCCC1. The van der Waals surface area contributed by atoms with Crippen molar-refractivity contribution in [3.63, 3.8) is 0 Å². The van der Waals surface area contributed by atoms with Gasteiger partial charge in [0.1, 0.15) is 0 Å². The van der Waals surface area contributed by atoms with Crippen LogP contribution in [0.3, 0.4) is 0 Å². The Labute approximate surface area is 119 Å². The van der Waals surface area contributed by atoms with Crippen molar-refractivity contribution in [3.05, 3.63) is 4.88 Å². The van der Waals surface area contributed by atoms with Gasteiger partial charge in [0.15, 0.2) is 5.13 Å². The molecule has 4 heteroatoms. The van der Waals surface area contributed by atoms with Crippen LogP contribution in [0.1, 0.15) is 68.6 Å². The maximum absolute atomic E-state index is 9.99. The second-order valence-corrected chi connectivity index (χ2v) is 7.10. The molecule has 0 atom stereocenters. The zero-order valence-electron chi connectivity index (χ0n) is 11.5. The Morgan fingerprint density at radius 3 is 2.47 bits per heavy atom. The van der Waals surface area contributed by atoms with Crippen LogP contribution >= 0.6 is 11.3 Å². The van der Waals surface area contributed by atoms with Crippen molar-refractivity contribution in [3.8, 4) is 5.88 Å². The summed E-state index contributed by atoms with van der Waals surface area (Å²) in [6.45, 7) is 1.02. The van der Waals surface area contributed by atoms with Gasteiger partial charge in [-0.05, 0) is 37.5 Å². The first kappa shape index (κ1) is 13.2. The Kier molecular flexibility index (Phi) is 4.26. The van der Waals surface area contributed by atoms with Gasteiger partial charge in [0.25, 0.3) is 0 Å². The molecule has 1 aromatic rings. The summed E-state index contributed by atoms with van der Waals surface area (Å²) in [6, 6.07) is 0. The summed E-state index contributed by atoms with van der Waals surface area (Å²) in [5.41, 5.74) is 0. The molecule has 0 unspecified atom stereocenters. The molecule has 106 valence electrons. The van der Waals surface area contributed by atoms with E-state index in [9.17, 15) is 5.11 Å². The summed E-state index contributed by atoms with van der Waals surface area (Å²) in [4.78, 5) is 5.42. The van der Waals surface area contributed by atoms with E-state index in [1.54, 1.807) is 11.3 Å². The summed E-state index contributed by atoms with van der Waals surface area (Å²) < 4.78 is 0. The molecule has 3 nitrogen and oxygen atoms in total. The summed E-state index contributed by atoms with van der Waals surface area (Å²) in [5, 5.41) is 14.4. The van der Waals surface area contributed by atoms with Crippen LogP contribution in [0.15, 0.2) is 0 Å². The van der Waals surface area contributed by atoms with Gasteiger partial charge in [-0.1, -0.05) is 43.4 Å². The van der Waals surface area contributed by atoms with Gasteiger partial charge in [-0.2, -0.15) is 4.98 Å². The molecule has 2 saturated carbocycles. The molecule has 2 N–H and O–H groups in total. The topological polar surface area (TPSA) is 45.2 Å². The minimum Gasteiger partial charge on any atom is -0.492 e. The van der Waals surface area contributed by atoms with Crippen molar-refractivity contribution in [2.24, 2.45) is 5.92 Å². The number of hydrogen-bond donors (Lipinski definition) is 2. The number of rotatable bonds is 4. The van der Waals surface area contributed by atoms with Crippen molar-refractivity contribution in [1.29, 1.82) is 0 Å². The first-order valence-corrected chi connectivity index (χ1v) is 8.58. The number of aromatic hydroxyl groups is 1. The average molecular weight is 280 g/mol. The van der Waals surface area contributed by atoms with Crippen LogP contribution in [0.4, 0.5) is 5.13 Å². The molecule has 0 aliphatic heterocycles. The van der Waals surface area contributed by atoms with E-state index < -0.39 is 0 Å². The second-order valence-electron chi connectivity index (χ2n) is 6.07. The lowest BCUT2D eigenvalue weighted by Crippen LogP contribution is -2.16. The fraction of sp³-hybridized carbons (Fsp3) is 0.800. The molecule has 1 heterocycles. The van der Waals surface area contributed by atoms with Gasteiger partial charge >= 0.3 is 0 Å². The van der Waals surface area contributed by atoms with E-state index in [2.05, 4.69) is 10.3 Å². The fourth-order valence-electron chi connectivity index (χ4n) is 3.48. The molecule has 1 aromatic heterocycles. The molecule has 0 saturated heterocycles. The molecular weight excluding hydrogens is 256 g/mol. The minimum atomic E-state index is 0.281. The van der Waals surface area contributed by atoms with E-state index in [0.717, 1.165) is 22.5 Å². The van der Waals surface area contributed by atoms with Gasteiger partial charge in [-0.15, -0.1) is 0 Å². The smallest absolute Gasteiger partial charge is 0.227 e. The van der Waals surface area contributed by atoms with Crippen LogP contribution in [0.5, 0.6) is 5.88 Å². The zero-order chi connectivity index (χ0) is 13.1. The lowest BCUT2D eigenvalue weighted by atomic mass is 9.89. The Morgan fingerprint density at radius 2 is 1.74 bits per heavy atom. The van der Waals surface area contributed by atoms with Gasteiger partial charge < -0.3 is 10.4 Å². The number of thiazole rings is 1.